The van der Waals surface area contributed by atoms with Crippen LogP contribution in [0.4, 0.5) is 0 Å². The van der Waals surface area contributed by atoms with Crippen LogP contribution in [0.3, 0.4) is 0 Å². The van der Waals surface area contributed by atoms with Gasteiger partial charge in [0, 0.05) is 5.66 Å². The molecule has 1 aliphatic rings. The van der Waals surface area contributed by atoms with Gasteiger partial charge in [0.05, 0.1) is 32.3 Å². The zero-order valence-electron chi connectivity index (χ0n) is 40.9. The Morgan fingerprint density at radius 2 is 0.672 bits per heavy atom. The van der Waals surface area contributed by atoms with E-state index in [4.69, 9.17) is 0 Å². The normalized spacial score (nSPS) is 15.3. The van der Waals surface area contributed by atoms with E-state index in [1.165, 1.54) is 83.1 Å². The second-order valence-corrected chi connectivity index (χ2v) is 44.1. The molecule has 0 heterocycles. The molecule has 0 aliphatic heterocycles. The molecule has 6 heteroatoms. The highest BCUT2D eigenvalue weighted by molar-refractivity contribution is 7.77. The smallest absolute Gasteiger partial charge is 0.0675 e. The molecular weight excluding hydrogens is 835 g/mol. The van der Waals surface area contributed by atoms with Gasteiger partial charge in [-0.15, -0.1) is 0 Å². The lowest BCUT2D eigenvalue weighted by Gasteiger charge is -2.40. The van der Waals surface area contributed by atoms with Crippen LogP contribution >= 0.6 is 15.8 Å². The zero-order chi connectivity index (χ0) is 44.4. The van der Waals surface area contributed by atoms with Gasteiger partial charge in [-0.05, 0) is 67.9 Å². The predicted molar refractivity (Wildman–Crippen MR) is 294 cm³/mol. The molecule has 1 aliphatic carbocycles. The molecular formula is C55H83P2Si4. The van der Waals surface area contributed by atoms with Crippen LogP contribution in [0.1, 0.15) is 90.0 Å². The summed E-state index contributed by atoms with van der Waals surface area (Å²) >= 11 is 0. The Labute approximate surface area is 383 Å². The highest BCUT2D eigenvalue weighted by Gasteiger charge is 2.45. The van der Waals surface area contributed by atoms with Crippen LogP contribution in [-0.2, 0) is 0 Å². The van der Waals surface area contributed by atoms with Crippen LogP contribution in [0.5, 0.6) is 0 Å². The fraction of sp³-hybridized carbons (Fsp3) is 0.473. The number of hydrogen-bond donors (Lipinski definition) is 0. The molecule has 5 radical (unpaired) electrons. The van der Waals surface area contributed by atoms with Gasteiger partial charge in [-0.3, -0.25) is 0 Å². The third-order valence-corrected chi connectivity index (χ3v) is 44.4. The average molecular weight is 919 g/mol. The SMILES string of the molecule is CC[Si](CC)(CC)c1cc(P(c2cc([Si](CC)(CC)CC)cc([Si](CC)(CC)CC)c2)[C@H](C)[C]2[CH][CH][CH][C]2P(c2ccccc2)c2ccccc2)cc([Si](CC)(CC)CC)c1. The largest absolute Gasteiger partial charge is 0.0859 e. The van der Waals surface area contributed by atoms with Crippen molar-refractivity contribution in [3.8, 4) is 0 Å². The fourth-order valence-corrected chi connectivity index (χ4v) is 32.3. The summed E-state index contributed by atoms with van der Waals surface area (Å²) in [6.45, 7) is 33.0. The van der Waals surface area contributed by atoms with E-state index in [9.17, 15) is 0 Å². The Hall–Kier alpha value is -1.39. The third kappa shape index (κ3) is 10.1. The molecule has 0 bridgehead atoms. The Morgan fingerprint density at radius 3 is 0.951 bits per heavy atom. The topological polar surface area (TPSA) is 0 Å². The lowest BCUT2D eigenvalue weighted by molar-refractivity contribution is 1.00. The van der Waals surface area contributed by atoms with Gasteiger partial charge in [-0.2, -0.15) is 0 Å². The maximum atomic E-state index is 2.86. The van der Waals surface area contributed by atoms with Crippen molar-refractivity contribution in [1.82, 2.24) is 0 Å². The quantitative estimate of drug-likeness (QED) is 0.0514. The number of hydrogen-bond acceptors (Lipinski definition) is 0. The van der Waals surface area contributed by atoms with Crippen LogP contribution in [-0.4, -0.2) is 38.0 Å². The second-order valence-electron chi connectivity index (χ2n) is 18.3. The van der Waals surface area contributed by atoms with Crippen LogP contribution in [0.25, 0.3) is 0 Å². The van der Waals surface area contributed by atoms with Crippen molar-refractivity contribution in [1.29, 1.82) is 0 Å². The summed E-state index contributed by atoms with van der Waals surface area (Å²) in [5.41, 5.74) is 1.92. The first-order chi connectivity index (χ1) is 29.5. The molecule has 1 saturated carbocycles. The van der Waals surface area contributed by atoms with Gasteiger partial charge in [0.2, 0.25) is 0 Å². The summed E-state index contributed by atoms with van der Waals surface area (Å²) in [6, 6.07) is 56.0. The first-order valence-electron chi connectivity index (χ1n) is 24.7. The van der Waals surface area contributed by atoms with Crippen LogP contribution in [0, 0.1) is 30.8 Å². The zero-order valence-corrected chi connectivity index (χ0v) is 46.7. The molecule has 0 saturated heterocycles. The predicted octanol–water partition coefficient (Wildman–Crippen LogP) is 13.2. The summed E-state index contributed by atoms with van der Waals surface area (Å²) in [4.78, 5) is 0. The molecule has 1 fully saturated rings. The van der Waals surface area contributed by atoms with Crippen molar-refractivity contribution >= 4 is 90.1 Å². The van der Waals surface area contributed by atoms with E-state index in [-0.39, 0.29) is 0 Å². The summed E-state index contributed by atoms with van der Waals surface area (Å²) < 4.78 is 0. The van der Waals surface area contributed by atoms with E-state index in [0.29, 0.717) is 5.66 Å². The van der Waals surface area contributed by atoms with E-state index in [0.717, 1.165) is 0 Å². The molecule has 0 amide bonds. The fourth-order valence-electron chi connectivity index (χ4n) is 11.5. The minimum Gasteiger partial charge on any atom is -0.0675 e. The minimum absolute atomic E-state index is 0.368. The Balaban J connectivity index is 1.91. The van der Waals surface area contributed by atoms with Crippen LogP contribution in [0.15, 0.2) is 97.1 Å². The van der Waals surface area contributed by atoms with Gasteiger partial charge < -0.3 is 0 Å². The molecule has 0 N–H and O–H groups in total. The van der Waals surface area contributed by atoms with Crippen LogP contribution in [0.2, 0.25) is 72.5 Å². The van der Waals surface area contributed by atoms with E-state index in [1.54, 1.807) is 42.9 Å². The molecule has 0 spiro atoms. The van der Waals surface area contributed by atoms with Gasteiger partial charge in [-0.25, -0.2) is 0 Å². The molecule has 0 unspecified atom stereocenters. The maximum absolute atomic E-state index is 2.86. The Kier molecular flexibility index (Phi) is 18.8. The van der Waals surface area contributed by atoms with Gasteiger partial charge in [0.15, 0.2) is 0 Å². The molecule has 0 nitrogen and oxygen atoms in total. The molecule has 4 aromatic rings. The summed E-state index contributed by atoms with van der Waals surface area (Å²) in [6.07, 6.45) is 7.45. The molecule has 0 aromatic heterocycles. The molecule has 5 rings (SSSR count). The molecule has 1 atom stereocenters. The van der Waals surface area contributed by atoms with Crippen molar-refractivity contribution in [2.24, 2.45) is 0 Å². The monoisotopic (exact) mass is 918 g/mol. The van der Waals surface area contributed by atoms with Gasteiger partial charge in [0.1, 0.15) is 0 Å². The van der Waals surface area contributed by atoms with Gasteiger partial charge in [0.25, 0.3) is 0 Å². The van der Waals surface area contributed by atoms with Crippen molar-refractivity contribution < 1.29 is 0 Å². The van der Waals surface area contributed by atoms with Gasteiger partial charge in [-0.1, -0.05) is 280 Å². The highest BCUT2D eigenvalue weighted by atomic mass is 31.1. The Morgan fingerprint density at radius 1 is 0.377 bits per heavy atom. The minimum atomic E-state index is -1.71. The van der Waals surface area contributed by atoms with Crippen molar-refractivity contribution in [3.05, 3.63) is 128 Å². The molecule has 4 aromatic carbocycles. The van der Waals surface area contributed by atoms with Gasteiger partial charge >= 0.3 is 0 Å². The lowest BCUT2D eigenvalue weighted by Crippen LogP contribution is -2.54. The summed E-state index contributed by atoms with van der Waals surface area (Å²) in [5, 5.41) is 13.3. The van der Waals surface area contributed by atoms with Crippen LogP contribution < -0.4 is 42.0 Å². The summed E-state index contributed by atoms with van der Waals surface area (Å²) in [5.74, 6) is 1.58. The van der Waals surface area contributed by atoms with E-state index in [2.05, 4.69) is 206 Å². The van der Waals surface area contributed by atoms with E-state index >= 15 is 0 Å². The Bertz CT molecular complexity index is 1690. The molecule has 329 valence electrons. The van der Waals surface area contributed by atoms with Crippen molar-refractivity contribution in [2.75, 3.05) is 0 Å². The van der Waals surface area contributed by atoms with Crippen molar-refractivity contribution in [3.63, 3.8) is 0 Å². The number of benzene rings is 4. The first kappa shape index (κ1) is 50.6. The van der Waals surface area contributed by atoms with Crippen molar-refractivity contribution in [2.45, 2.75) is 168 Å². The third-order valence-electron chi connectivity index (χ3n) is 16.9. The standard InChI is InChI=1S/C55H83P2Si4/c1-14-58(15-2,16-3)50-39-48(40-51(43-50)59(17-4,18-5)19-6)56(49-41-52(60(20-7,21-8)22-9)44-53(42-49)61(23-10,24-11)25-12)45(13)54-37-32-38-55(54)57(46-33-28-26-29-34-46)47-35-30-27-31-36-47/h26-45H,14-25H2,1-13H3/t45-/m1/s1. The summed E-state index contributed by atoms with van der Waals surface area (Å²) in [7, 11) is -8.29. The number of rotatable bonds is 23. The average Bonchev–Trinajstić information content (AvgIpc) is 3.80. The highest BCUT2D eigenvalue weighted by Crippen LogP contribution is 2.61. The maximum Gasteiger partial charge on any atom is 0.0859 e. The van der Waals surface area contributed by atoms with E-state index < -0.39 is 48.1 Å². The second kappa shape index (κ2) is 22.7. The first-order valence-corrected chi connectivity index (χ1v) is 38.0. The molecule has 61 heavy (non-hydrogen) atoms. The van der Waals surface area contributed by atoms with E-state index in [1.807, 2.05) is 0 Å². The lowest BCUT2D eigenvalue weighted by atomic mass is 10.0.